The maximum atomic E-state index is 5.96. The van der Waals surface area contributed by atoms with Crippen LogP contribution in [0.2, 0.25) is 0 Å². The molecule has 3 rings (SSSR count). The largest absolute Gasteiger partial charge is 0.398 e. The summed E-state index contributed by atoms with van der Waals surface area (Å²) in [5.41, 5.74) is 10.7. The molecule has 2 N–H and O–H groups in total. The molecule has 0 aliphatic rings. The molecule has 0 saturated carbocycles. The van der Waals surface area contributed by atoms with E-state index in [9.17, 15) is 0 Å². The summed E-state index contributed by atoms with van der Waals surface area (Å²) in [6.07, 6.45) is 0. The highest BCUT2D eigenvalue weighted by Crippen LogP contribution is 2.26. The van der Waals surface area contributed by atoms with Gasteiger partial charge >= 0.3 is 0 Å². The highest BCUT2D eigenvalue weighted by atomic mass is 15.5. The van der Waals surface area contributed by atoms with E-state index in [0.29, 0.717) is 5.82 Å². The number of aryl methyl sites for hydroxylation is 1. The van der Waals surface area contributed by atoms with E-state index in [1.807, 2.05) is 56.3 Å². The Labute approximate surface area is 117 Å². The zero-order valence-corrected chi connectivity index (χ0v) is 11.4. The molecule has 0 aliphatic heterocycles. The summed E-state index contributed by atoms with van der Waals surface area (Å²) in [7, 11) is 0. The maximum Gasteiger partial charge on any atom is 0.187 e. The molecule has 100 valence electrons. The van der Waals surface area contributed by atoms with Gasteiger partial charge in [-0.15, -0.1) is 5.10 Å². The fourth-order valence-corrected chi connectivity index (χ4v) is 2.11. The molecular formula is C15H15N5. The van der Waals surface area contributed by atoms with Gasteiger partial charge in [0.05, 0.1) is 5.69 Å². The number of tetrazole rings is 1. The summed E-state index contributed by atoms with van der Waals surface area (Å²) < 4.78 is 1.72. The van der Waals surface area contributed by atoms with Crippen molar-refractivity contribution < 1.29 is 0 Å². The zero-order chi connectivity index (χ0) is 14.1. The molecule has 2 aromatic carbocycles. The highest BCUT2D eigenvalue weighted by molar-refractivity contribution is 5.68. The minimum Gasteiger partial charge on any atom is -0.398 e. The van der Waals surface area contributed by atoms with Crippen molar-refractivity contribution in [3.8, 4) is 17.1 Å². The average Bonchev–Trinajstić information content (AvgIpc) is 2.92. The van der Waals surface area contributed by atoms with Crippen LogP contribution < -0.4 is 5.73 Å². The Morgan fingerprint density at radius 2 is 1.75 bits per heavy atom. The minimum atomic E-state index is 0.693. The summed E-state index contributed by atoms with van der Waals surface area (Å²) in [5, 5.41) is 12.0. The van der Waals surface area contributed by atoms with Gasteiger partial charge in [0.2, 0.25) is 0 Å². The lowest BCUT2D eigenvalue weighted by Gasteiger charge is -2.09. The van der Waals surface area contributed by atoms with Crippen LogP contribution in [-0.2, 0) is 0 Å². The first-order chi connectivity index (χ1) is 9.66. The van der Waals surface area contributed by atoms with Crippen molar-refractivity contribution >= 4 is 5.69 Å². The molecule has 0 fully saturated rings. The first-order valence-electron chi connectivity index (χ1n) is 6.37. The summed E-state index contributed by atoms with van der Waals surface area (Å²) in [6, 6.07) is 13.8. The number of benzene rings is 2. The second-order valence-electron chi connectivity index (χ2n) is 4.77. The van der Waals surface area contributed by atoms with Crippen LogP contribution in [0.1, 0.15) is 11.1 Å². The van der Waals surface area contributed by atoms with Crippen molar-refractivity contribution in [2.45, 2.75) is 13.8 Å². The van der Waals surface area contributed by atoms with Crippen LogP contribution >= 0.6 is 0 Å². The number of anilines is 1. The molecule has 0 bridgehead atoms. The first-order valence-corrected chi connectivity index (χ1v) is 6.37. The molecule has 1 heterocycles. The number of aromatic nitrogens is 4. The first kappa shape index (κ1) is 12.3. The summed E-state index contributed by atoms with van der Waals surface area (Å²) in [6.45, 7) is 4.02. The van der Waals surface area contributed by atoms with Crippen molar-refractivity contribution in [2.24, 2.45) is 0 Å². The number of nitrogens with zero attached hydrogens (tertiary/aromatic N) is 4. The van der Waals surface area contributed by atoms with Gasteiger partial charge in [-0.05, 0) is 48.0 Å². The van der Waals surface area contributed by atoms with E-state index in [1.165, 1.54) is 5.56 Å². The quantitative estimate of drug-likeness (QED) is 0.723. The number of nitrogen functional groups attached to an aromatic ring is 1. The second-order valence-corrected chi connectivity index (χ2v) is 4.77. The van der Waals surface area contributed by atoms with Crippen LogP contribution in [-0.4, -0.2) is 20.2 Å². The molecular weight excluding hydrogens is 250 g/mol. The predicted octanol–water partition coefficient (Wildman–Crippen LogP) is 2.53. The van der Waals surface area contributed by atoms with E-state index < -0.39 is 0 Å². The number of hydrogen-bond donors (Lipinski definition) is 1. The Morgan fingerprint density at radius 1 is 1.00 bits per heavy atom. The minimum absolute atomic E-state index is 0.693. The van der Waals surface area contributed by atoms with E-state index in [1.54, 1.807) is 4.68 Å². The number of nitrogens with two attached hydrogens (primary N) is 1. The van der Waals surface area contributed by atoms with Crippen molar-refractivity contribution in [2.75, 3.05) is 5.73 Å². The van der Waals surface area contributed by atoms with E-state index in [-0.39, 0.29) is 0 Å². The van der Waals surface area contributed by atoms with Crippen LogP contribution in [0.15, 0.2) is 42.5 Å². The van der Waals surface area contributed by atoms with Gasteiger partial charge in [-0.25, -0.2) is 0 Å². The normalized spacial score (nSPS) is 10.7. The van der Waals surface area contributed by atoms with Gasteiger partial charge in [-0.2, -0.15) is 4.68 Å². The average molecular weight is 265 g/mol. The third-order valence-corrected chi connectivity index (χ3v) is 3.36. The van der Waals surface area contributed by atoms with Gasteiger partial charge in [0.1, 0.15) is 0 Å². The van der Waals surface area contributed by atoms with E-state index in [0.717, 1.165) is 22.5 Å². The van der Waals surface area contributed by atoms with Crippen LogP contribution in [0.25, 0.3) is 17.1 Å². The third-order valence-electron chi connectivity index (χ3n) is 3.36. The molecule has 0 amide bonds. The van der Waals surface area contributed by atoms with E-state index in [4.69, 9.17) is 5.73 Å². The van der Waals surface area contributed by atoms with Crippen LogP contribution in [0.5, 0.6) is 0 Å². The van der Waals surface area contributed by atoms with Gasteiger partial charge in [-0.3, -0.25) is 0 Å². The van der Waals surface area contributed by atoms with E-state index >= 15 is 0 Å². The molecule has 20 heavy (non-hydrogen) atoms. The molecule has 0 unspecified atom stereocenters. The number of hydrogen-bond acceptors (Lipinski definition) is 4. The number of rotatable bonds is 2. The lowest BCUT2D eigenvalue weighted by molar-refractivity contribution is 0.791. The molecule has 0 spiro atoms. The smallest absolute Gasteiger partial charge is 0.187 e. The topological polar surface area (TPSA) is 69.6 Å². The van der Waals surface area contributed by atoms with Gasteiger partial charge in [0.25, 0.3) is 0 Å². The fourth-order valence-electron chi connectivity index (χ4n) is 2.11. The van der Waals surface area contributed by atoms with Gasteiger partial charge in [-0.1, -0.05) is 29.8 Å². The maximum absolute atomic E-state index is 5.96. The lowest BCUT2D eigenvalue weighted by atomic mass is 10.1. The Hall–Kier alpha value is -2.69. The molecule has 0 radical (unpaired) electrons. The van der Waals surface area contributed by atoms with Crippen LogP contribution in [0, 0.1) is 13.8 Å². The summed E-state index contributed by atoms with van der Waals surface area (Å²) >= 11 is 0. The predicted molar refractivity (Wildman–Crippen MR) is 78.5 cm³/mol. The van der Waals surface area contributed by atoms with Crippen LogP contribution in [0.3, 0.4) is 0 Å². The zero-order valence-electron chi connectivity index (χ0n) is 11.4. The van der Waals surface area contributed by atoms with Crippen molar-refractivity contribution in [1.29, 1.82) is 0 Å². The van der Waals surface area contributed by atoms with Gasteiger partial charge in [0.15, 0.2) is 5.82 Å². The SMILES string of the molecule is Cc1ccc(-n2nnnc2-c2cccc(N)c2C)cc1. The Morgan fingerprint density at radius 3 is 2.50 bits per heavy atom. The van der Waals surface area contributed by atoms with E-state index in [2.05, 4.69) is 15.5 Å². The third kappa shape index (κ3) is 2.03. The Balaban J connectivity index is 2.15. The fraction of sp³-hybridized carbons (Fsp3) is 0.133. The molecule has 5 heteroatoms. The lowest BCUT2D eigenvalue weighted by Crippen LogP contribution is -2.01. The molecule has 0 atom stereocenters. The van der Waals surface area contributed by atoms with Crippen molar-refractivity contribution in [3.63, 3.8) is 0 Å². The second kappa shape index (κ2) is 4.77. The van der Waals surface area contributed by atoms with Gasteiger partial charge < -0.3 is 5.73 Å². The summed E-state index contributed by atoms with van der Waals surface area (Å²) in [5.74, 6) is 0.693. The van der Waals surface area contributed by atoms with Crippen molar-refractivity contribution in [1.82, 2.24) is 20.2 Å². The standard InChI is InChI=1S/C15H15N5/c1-10-6-8-12(9-7-10)20-15(17-18-19-20)13-4-3-5-14(16)11(13)2/h3-9H,16H2,1-2H3. The summed E-state index contributed by atoms with van der Waals surface area (Å²) in [4.78, 5) is 0. The van der Waals surface area contributed by atoms with Crippen LogP contribution in [0.4, 0.5) is 5.69 Å². The molecule has 1 aromatic heterocycles. The van der Waals surface area contributed by atoms with Crippen molar-refractivity contribution in [3.05, 3.63) is 53.6 Å². The highest BCUT2D eigenvalue weighted by Gasteiger charge is 2.13. The molecule has 0 aliphatic carbocycles. The monoisotopic (exact) mass is 265 g/mol. The van der Waals surface area contributed by atoms with Gasteiger partial charge in [0, 0.05) is 11.3 Å². The Bertz CT molecular complexity index is 743. The molecule has 5 nitrogen and oxygen atoms in total. The molecule has 3 aromatic rings. The Kier molecular flexibility index (Phi) is 2.95. The molecule has 0 saturated heterocycles.